The second-order valence-electron chi connectivity index (χ2n) is 4.81. The van der Waals surface area contributed by atoms with Crippen molar-refractivity contribution < 1.29 is 0 Å². The molecule has 1 heterocycles. The smallest absolute Gasteiger partial charge is 0.0395 e. The molecule has 2 atom stereocenters. The maximum atomic E-state index is 5.75. The van der Waals surface area contributed by atoms with Crippen LogP contribution in [0.25, 0.3) is 0 Å². The van der Waals surface area contributed by atoms with Crippen LogP contribution in [-0.2, 0) is 6.42 Å². The zero-order valence-electron chi connectivity index (χ0n) is 10.1. The van der Waals surface area contributed by atoms with E-state index in [4.69, 9.17) is 5.84 Å². The summed E-state index contributed by atoms with van der Waals surface area (Å²) in [7, 11) is 0. The quantitative estimate of drug-likeness (QED) is 0.491. The molecule has 0 radical (unpaired) electrons. The summed E-state index contributed by atoms with van der Waals surface area (Å²) < 4.78 is 1.57. The van der Waals surface area contributed by atoms with Gasteiger partial charge in [0.05, 0.1) is 0 Å². The fraction of sp³-hybridized carbons (Fsp3) is 0.538. The van der Waals surface area contributed by atoms with Gasteiger partial charge in [0.1, 0.15) is 0 Å². The summed E-state index contributed by atoms with van der Waals surface area (Å²) in [5, 5.41) is 0. The van der Waals surface area contributed by atoms with Crippen LogP contribution in [0.1, 0.15) is 25.3 Å². The van der Waals surface area contributed by atoms with Gasteiger partial charge < -0.3 is 0 Å². The topological polar surface area (TPSA) is 38.0 Å². The molecule has 0 aliphatic carbocycles. The SMILES string of the molecule is CC1(C(Cc2ccc(I)cc2)NN)CCCS1. The van der Waals surface area contributed by atoms with E-state index in [1.165, 1.54) is 27.7 Å². The number of hydrogen-bond donors (Lipinski definition) is 2. The van der Waals surface area contributed by atoms with Crippen molar-refractivity contribution in [3.63, 3.8) is 0 Å². The van der Waals surface area contributed by atoms with Crippen LogP contribution >= 0.6 is 34.4 Å². The number of nitrogens with one attached hydrogen (secondary N) is 1. The molecular weight excluding hydrogens is 343 g/mol. The molecule has 0 aromatic heterocycles. The lowest BCUT2D eigenvalue weighted by atomic mass is 9.91. The van der Waals surface area contributed by atoms with E-state index in [1.54, 1.807) is 0 Å². The van der Waals surface area contributed by atoms with E-state index in [1.807, 2.05) is 0 Å². The van der Waals surface area contributed by atoms with Crippen molar-refractivity contribution in [1.29, 1.82) is 0 Å². The minimum absolute atomic E-state index is 0.289. The molecule has 1 aliphatic rings. The van der Waals surface area contributed by atoms with Crippen molar-refractivity contribution in [1.82, 2.24) is 5.43 Å². The monoisotopic (exact) mass is 362 g/mol. The fourth-order valence-corrected chi connectivity index (χ4v) is 4.14. The van der Waals surface area contributed by atoms with Gasteiger partial charge in [-0.05, 0) is 72.2 Å². The maximum Gasteiger partial charge on any atom is 0.0395 e. The molecule has 17 heavy (non-hydrogen) atoms. The van der Waals surface area contributed by atoms with Gasteiger partial charge in [-0.2, -0.15) is 11.8 Å². The molecule has 4 heteroatoms. The Bertz CT molecular complexity index is 360. The predicted octanol–water partition coefficient (Wildman–Crippen LogP) is 2.95. The van der Waals surface area contributed by atoms with Gasteiger partial charge >= 0.3 is 0 Å². The van der Waals surface area contributed by atoms with Crippen LogP contribution in [0.5, 0.6) is 0 Å². The molecule has 2 rings (SSSR count). The van der Waals surface area contributed by atoms with Gasteiger partial charge in [-0.3, -0.25) is 11.3 Å². The van der Waals surface area contributed by atoms with Crippen LogP contribution in [0.4, 0.5) is 0 Å². The molecule has 2 unspecified atom stereocenters. The van der Waals surface area contributed by atoms with Crippen LogP contribution in [0.15, 0.2) is 24.3 Å². The highest BCUT2D eigenvalue weighted by molar-refractivity contribution is 14.1. The highest BCUT2D eigenvalue weighted by atomic mass is 127. The normalized spacial score (nSPS) is 26.1. The van der Waals surface area contributed by atoms with E-state index in [2.05, 4.69) is 71.0 Å². The van der Waals surface area contributed by atoms with Crippen molar-refractivity contribution in [3.8, 4) is 0 Å². The number of halogens is 1. The molecule has 0 bridgehead atoms. The van der Waals surface area contributed by atoms with E-state index < -0.39 is 0 Å². The Kier molecular flexibility index (Phi) is 4.74. The molecule has 3 N–H and O–H groups in total. The first kappa shape index (κ1) is 13.6. The van der Waals surface area contributed by atoms with Crippen LogP contribution in [0, 0.1) is 3.57 Å². The van der Waals surface area contributed by atoms with Crippen LogP contribution in [0.3, 0.4) is 0 Å². The Labute approximate surface area is 121 Å². The molecule has 1 fully saturated rings. The molecule has 1 saturated heterocycles. The molecule has 0 saturated carbocycles. The standard InChI is InChI=1S/C13H19IN2S/c1-13(7-2-8-17-13)12(16-15)9-10-3-5-11(14)6-4-10/h3-6,12,16H,2,7-9,15H2,1H3. The average Bonchev–Trinajstić information content (AvgIpc) is 2.76. The minimum Gasteiger partial charge on any atom is -0.271 e. The van der Waals surface area contributed by atoms with E-state index in [9.17, 15) is 0 Å². The zero-order chi connectivity index (χ0) is 12.3. The summed E-state index contributed by atoms with van der Waals surface area (Å²) >= 11 is 4.39. The fourth-order valence-electron chi connectivity index (χ4n) is 2.38. The van der Waals surface area contributed by atoms with Crippen molar-refractivity contribution in [2.75, 3.05) is 5.75 Å². The summed E-state index contributed by atoms with van der Waals surface area (Å²) in [4.78, 5) is 0. The van der Waals surface area contributed by atoms with E-state index in [0.717, 1.165) is 6.42 Å². The van der Waals surface area contributed by atoms with Gasteiger partial charge in [0.15, 0.2) is 0 Å². The number of benzene rings is 1. The molecule has 94 valence electrons. The third-order valence-corrected chi connectivity index (χ3v) is 5.90. The molecule has 1 aromatic rings. The summed E-state index contributed by atoms with van der Waals surface area (Å²) in [5.74, 6) is 7.02. The summed E-state index contributed by atoms with van der Waals surface area (Å²) in [6.45, 7) is 2.34. The second-order valence-corrected chi connectivity index (χ2v) is 7.69. The van der Waals surface area contributed by atoms with Crippen LogP contribution in [-0.4, -0.2) is 16.5 Å². The highest BCUT2D eigenvalue weighted by Crippen LogP contribution is 2.41. The molecule has 2 nitrogen and oxygen atoms in total. The Morgan fingerprint density at radius 1 is 1.47 bits per heavy atom. The third-order valence-electron chi connectivity index (χ3n) is 3.54. The summed E-state index contributed by atoms with van der Waals surface area (Å²) in [5.41, 5.74) is 4.39. The van der Waals surface area contributed by atoms with E-state index >= 15 is 0 Å². The number of rotatable bonds is 4. The number of nitrogens with two attached hydrogens (primary N) is 1. The van der Waals surface area contributed by atoms with Crippen molar-refractivity contribution in [2.24, 2.45) is 5.84 Å². The largest absolute Gasteiger partial charge is 0.271 e. The number of hydrogen-bond acceptors (Lipinski definition) is 3. The molecule has 0 spiro atoms. The van der Waals surface area contributed by atoms with Crippen LogP contribution in [0.2, 0.25) is 0 Å². The van der Waals surface area contributed by atoms with E-state index in [-0.39, 0.29) is 4.75 Å². The predicted molar refractivity (Wildman–Crippen MR) is 84.1 cm³/mol. The van der Waals surface area contributed by atoms with Gasteiger partial charge in [-0.15, -0.1) is 0 Å². The van der Waals surface area contributed by atoms with Gasteiger partial charge in [0.2, 0.25) is 0 Å². The molecule has 1 aliphatic heterocycles. The number of thioether (sulfide) groups is 1. The minimum atomic E-state index is 0.289. The first-order valence-corrected chi connectivity index (χ1v) is 8.05. The summed E-state index contributed by atoms with van der Waals surface area (Å²) in [6.07, 6.45) is 3.58. The molecule has 1 aromatic carbocycles. The van der Waals surface area contributed by atoms with Gasteiger partial charge in [-0.1, -0.05) is 12.1 Å². The summed E-state index contributed by atoms with van der Waals surface area (Å²) in [6, 6.07) is 9.08. The van der Waals surface area contributed by atoms with Crippen molar-refractivity contribution >= 4 is 34.4 Å². The Morgan fingerprint density at radius 2 is 2.18 bits per heavy atom. The first-order valence-electron chi connectivity index (χ1n) is 5.98. The molecular formula is C13H19IN2S. The number of hydrazine groups is 1. The second kappa shape index (κ2) is 5.91. The Balaban J connectivity index is 2.06. The first-order chi connectivity index (χ1) is 8.14. The maximum absolute atomic E-state index is 5.75. The average molecular weight is 362 g/mol. The van der Waals surface area contributed by atoms with E-state index in [0.29, 0.717) is 6.04 Å². The highest BCUT2D eigenvalue weighted by Gasteiger charge is 2.37. The molecule has 0 amide bonds. The third kappa shape index (κ3) is 3.36. The van der Waals surface area contributed by atoms with Crippen molar-refractivity contribution in [2.45, 2.75) is 37.0 Å². The Morgan fingerprint density at radius 3 is 2.71 bits per heavy atom. The van der Waals surface area contributed by atoms with Gasteiger partial charge in [0, 0.05) is 14.4 Å². The lowest BCUT2D eigenvalue weighted by molar-refractivity contribution is 0.405. The zero-order valence-corrected chi connectivity index (χ0v) is 13.1. The lowest BCUT2D eigenvalue weighted by Crippen LogP contribution is -2.49. The lowest BCUT2D eigenvalue weighted by Gasteiger charge is -2.32. The van der Waals surface area contributed by atoms with Crippen molar-refractivity contribution in [3.05, 3.63) is 33.4 Å². The van der Waals surface area contributed by atoms with Gasteiger partial charge in [0.25, 0.3) is 0 Å². The Hall–Kier alpha value is 0.220. The van der Waals surface area contributed by atoms with Crippen LogP contribution < -0.4 is 11.3 Å². The van der Waals surface area contributed by atoms with Gasteiger partial charge in [-0.25, -0.2) is 0 Å².